The monoisotopic (exact) mass is 797 g/mol. The van der Waals surface area contributed by atoms with Gasteiger partial charge in [-0.25, -0.2) is 0 Å². The molecule has 1 aromatic rings. The summed E-state index contributed by atoms with van der Waals surface area (Å²) in [5.41, 5.74) is 1.26. The maximum atomic E-state index is 7.50. The van der Waals surface area contributed by atoms with E-state index in [2.05, 4.69) is 97.9 Å². The van der Waals surface area contributed by atoms with Crippen molar-refractivity contribution in [1.82, 2.24) is 4.90 Å². The number of benzene rings is 1. The summed E-state index contributed by atoms with van der Waals surface area (Å²) in [6, 6.07) is 10.6. The SMILES string of the molecule is [C-]#[O+].[C-]#[O+].[C-]#[O+].[C-]#[O+].[C-]#[O+].[C-]#[O+].[C-]#[O+].[C-]#[O+].[C-]#[O+].[Cl][Ru+2].[Ru].[Ru].[S-]CCN1[C-]=N[C@H](c2ccccc2)C1. The Bertz CT molecular complexity index is 609. The van der Waals surface area contributed by atoms with Gasteiger partial charge in [-0.3, -0.25) is 6.34 Å². The summed E-state index contributed by atoms with van der Waals surface area (Å²) in [6.07, 6.45) is 3.00. The van der Waals surface area contributed by atoms with Crippen molar-refractivity contribution in [2.75, 3.05) is 18.8 Å². The number of rotatable bonds is 3. The van der Waals surface area contributed by atoms with E-state index in [1.807, 2.05) is 35.5 Å². The van der Waals surface area contributed by atoms with Gasteiger partial charge < -0.3 is 22.5 Å². The van der Waals surface area contributed by atoms with Gasteiger partial charge in [0.15, 0.2) is 0 Å². The summed E-state index contributed by atoms with van der Waals surface area (Å²) in [5, 5.41) is 0. The number of halogens is 1. The molecule has 1 heterocycles. The van der Waals surface area contributed by atoms with E-state index in [0.717, 1.165) is 18.8 Å². The third kappa shape index (κ3) is 63.8. The van der Waals surface area contributed by atoms with E-state index in [4.69, 9.17) is 54.5 Å². The predicted molar refractivity (Wildman–Crippen MR) is 102 cm³/mol. The summed E-state index contributed by atoms with van der Waals surface area (Å²) >= 11 is 6.74. The molecule has 1 aromatic carbocycles. The molecule has 0 saturated carbocycles. The number of aliphatic imine (C=N–C) groups is 1. The molecule has 0 amide bonds. The van der Waals surface area contributed by atoms with Gasteiger partial charge in [-0.05, 0) is 12.1 Å². The Balaban J connectivity index is -0.0000000271. The zero-order valence-electron chi connectivity index (χ0n) is 17.5. The summed E-state index contributed by atoms with van der Waals surface area (Å²) in [7, 11) is 4.57. The van der Waals surface area contributed by atoms with E-state index in [0.29, 0.717) is 0 Å². The minimum absolute atomic E-state index is 0. The maximum Gasteiger partial charge on any atom is 0.0540 e. The quantitative estimate of drug-likeness (QED) is 0.195. The summed E-state index contributed by atoms with van der Waals surface area (Å²) in [5.74, 6) is 0.740. The van der Waals surface area contributed by atoms with Gasteiger partial charge in [-0.15, -0.1) is 0 Å². The average Bonchev–Trinajstić information content (AvgIpc) is 3.49. The molecule has 36 heavy (non-hydrogen) atoms. The van der Waals surface area contributed by atoms with Crippen LogP contribution in [0.25, 0.3) is 0 Å². The van der Waals surface area contributed by atoms with Crippen molar-refractivity contribution in [3.8, 4) is 0 Å². The molecule has 1 aliphatic rings. The van der Waals surface area contributed by atoms with Crippen LogP contribution in [0.4, 0.5) is 0 Å². The first kappa shape index (κ1) is 70.2. The molecule has 193 valence electrons. The standard InChI is InChI=1S/C11H13N2S.9CO.ClH.3Ru/c14-7-6-13-8-11(12-9-13)10-4-2-1-3-5-10;9*1-2;;;;/h1-5,11,14H,6-8H2;;;;;;;;;;1H;;;/q-1;;;;;;;;;;;;;+3/p-2/t11-;;;;;;;;;;;;;/m0............./s1. The molecule has 16 heteroatoms. The van der Waals surface area contributed by atoms with Crippen LogP contribution in [-0.2, 0) is 111 Å². The third-order valence-corrected chi connectivity index (χ3v) is 2.48. The molecular weight excluding hydrogens is 783 g/mol. The average molecular weight is 795 g/mol. The van der Waals surface area contributed by atoms with Crippen molar-refractivity contribution in [3.63, 3.8) is 0 Å². The molecule has 0 spiro atoms. The summed E-state index contributed by atoms with van der Waals surface area (Å²) in [6.45, 7) is 42.3. The topological polar surface area (TPSA) is 195 Å². The molecule has 0 aromatic heterocycles. The van der Waals surface area contributed by atoms with E-state index >= 15 is 0 Å². The molecule has 0 radical (unpaired) electrons. The maximum absolute atomic E-state index is 7.50. The first-order chi connectivity index (χ1) is 16.9. The Morgan fingerprint density at radius 3 is 1.33 bits per heavy atom. The minimum Gasteiger partial charge on any atom is -0.791 e. The summed E-state index contributed by atoms with van der Waals surface area (Å²) in [4.78, 5) is 6.40. The van der Waals surface area contributed by atoms with Gasteiger partial charge in [0.1, 0.15) is 0 Å². The van der Waals surface area contributed by atoms with Crippen LogP contribution >= 0.6 is 9.69 Å². The largest absolute Gasteiger partial charge is 0.791 e. The smallest absolute Gasteiger partial charge is 0.0540 e. The first-order valence-corrected chi connectivity index (χ1v) is 9.52. The molecule has 0 aliphatic carbocycles. The Kier molecular flexibility index (Phi) is 224. The Hall–Kier alpha value is -1.14. The van der Waals surface area contributed by atoms with Crippen molar-refractivity contribution in [2.24, 2.45) is 4.99 Å². The van der Waals surface area contributed by atoms with Crippen molar-refractivity contribution >= 4 is 28.7 Å². The Morgan fingerprint density at radius 1 is 0.750 bits per heavy atom. The van der Waals surface area contributed by atoms with E-state index in [9.17, 15) is 0 Å². The minimum atomic E-state index is 0. The molecule has 0 saturated heterocycles. The van der Waals surface area contributed by atoms with Gasteiger partial charge in [0.25, 0.3) is 0 Å². The van der Waals surface area contributed by atoms with Crippen LogP contribution in [0, 0.1) is 59.9 Å². The fraction of sp³-hybridized carbons (Fsp3) is 0.200. The van der Waals surface area contributed by atoms with Crippen molar-refractivity contribution in [3.05, 3.63) is 95.7 Å². The third-order valence-electron chi connectivity index (χ3n) is 2.29. The van der Waals surface area contributed by atoms with Crippen LogP contribution in [-0.4, -0.2) is 30.1 Å². The molecule has 0 bridgehead atoms. The second-order valence-electron chi connectivity index (χ2n) is 3.31. The van der Waals surface area contributed by atoms with Gasteiger partial charge in [0.2, 0.25) is 0 Å². The molecule has 0 fully saturated rings. The van der Waals surface area contributed by atoms with Gasteiger partial charge in [0.05, 0.1) is 6.04 Å². The van der Waals surface area contributed by atoms with Gasteiger partial charge in [-0.1, -0.05) is 30.3 Å². The van der Waals surface area contributed by atoms with Crippen molar-refractivity contribution < 1.29 is 98.1 Å². The Morgan fingerprint density at radius 2 is 1.06 bits per heavy atom. The molecule has 0 N–H and O–H groups in total. The van der Waals surface area contributed by atoms with Crippen molar-refractivity contribution in [2.45, 2.75) is 6.04 Å². The predicted octanol–water partition coefficient (Wildman–Crippen LogP) is 1.84. The number of hydrogen-bond acceptors (Lipinski definition) is 3. The van der Waals surface area contributed by atoms with E-state index in [1.165, 1.54) is 5.56 Å². The van der Waals surface area contributed by atoms with Crippen molar-refractivity contribution in [1.29, 1.82) is 0 Å². The molecule has 11 nitrogen and oxygen atoms in total. The molecule has 0 unspecified atom stereocenters. The van der Waals surface area contributed by atoms with Crippen LogP contribution in [0.3, 0.4) is 0 Å². The van der Waals surface area contributed by atoms with E-state index in [1.54, 1.807) is 0 Å². The zero-order chi connectivity index (χ0) is 29.8. The second-order valence-corrected chi connectivity index (χ2v) is 3.71. The van der Waals surface area contributed by atoms with Gasteiger partial charge in [-0.2, -0.15) is 5.75 Å². The normalized spacial score (nSPS) is 8.56. The molecular formula is C20H12ClN2O9Ru3S. The van der Waals surface area contributed by atoms with Crippen LogP contribution in [0.5, 0.6) is 0 Å². The summed E-state index contributed by atoms with van der Waals surface area (Å²) < 4.78 is 67.5. The van der Waals surface area contributed by atoms with Crippen LogP contribution in [0.1, 0.15) is 11.6 Å². The number of nitrogens with zero attached hydrogens (tertiary/aromatic N) is 2. The van der Waals surface area contributed by atoms with Crippen LogP contribution in [0.2, 0.25) is 0 Å². The molecule has 1 aliphatic heterocycles. The molecule has 1 atom stereocenters. The Labute approximate surface area is 255 Å². The van der Waals surface area contributed by atoms with Gasteiger partial charge >= 0.3 is 129 Å². The van der Waals surface area contributed by atoms with Gasteiger partial charge in [0, 0.05) is 45.5 Å². The fourth-order valence-corrected chi connectivity index (χ4v) is 1.77. The molecule has 2 rings (SSSR count). The zero-order valence-corrected chi connectivity index (χ0v) is 24.3. The fourth-order valence-electron chi connectivity index (χ4n) is 1.55. The second kappa shape index (κ2) is 115. The first-order valence-electron chi connectivity index (χ1n) is 6.70. The van der Waals surface area contributed by atoms with E-state index < -0.39 is 0 Å². The van der Waals surface area contributed by atoms with Crippen LogP contribution < -0.4 is 0 Å². The number of hydrogen-bond donors (Lipinski definition) is 0. The van der Waals surface area contributed by atoms with Crippen LogP contribution in [0.15, 0.2) is 35.3 Å². The van der Waals surface area contributed by atoms with E-state index in [-0.39, 0.29) is 45.0 Å².